The summed E-state index contributed by atoms with van der Waals surface area (Å²) < 4.78 is 13.2. The Labute approximate surface area is 163 Å². The molecule has 28 heavy (non-hydrogen) atoms. The van der Waals surface area contributed by atoms with E-state index in [9.17, 15) is 9.90 Å². The standard InChI is InChI=1S/C21H23N3O4/c25-20(26)15-24-18-7-3-2-6-17(18)22-21(24)16-5-1-4-8-19(16)28-14-11-23-9-12-27-13-10-23/h1-8H,9-15H2,(H,25,26). The monoisotopic (exact) mass is 381 g/mol. The van der Waals surface area contributed by atoms with Gasteiger partial charge in [0.05, 0.1) is 29.8 Å². The lowest BCUT2D eigenvalue weighted by molar-refractivity contribution is -0.137. The Bertz CT molecular complexity index is 963. The summed E-state index contributed by atoms with van der Waals surface area (Å²) in [6.45, 7) is 4.57. The second-order valence-corrected chi connectivity index (χ2v) is 6.70. The van der Waals surface area contributed by atoms with Crippen molar-refractivity contribution in [2.75, 3.05) is 39.5 Å². The predicted molar refractivity (Wildman–Crippen MR) is 106 cm³/mol. The van der Waals surface area contributed by atoms with Gasteiger partial charge in [-0.05, 0) is 24.3 Å². The molecule has 0 bridgehead atoms. The molecular weight excluding hydrogens is 358 g/mol. The first-order valence-electron chi connectivity index (χ1n) is 9.42. The largest absolute Gasteiger partial charge is 0.491 e. The molecular formula is C21H23N3O4. The molecule has 0 amide bonds. The summed E-state index contributed by atoms with van der Waals surface area (Å²) in [5.74, 6) is 0.401. The normalized spacial score (nSPS) is 15.0. The van der Waals surface area contributed by atoms with Crippen molar-refractivity contribution >= 4 is 17.0 Å². The van der Waals surface area contributed by atoms with Gasteiger partial charge in [0, 0.05) is 19.6 Å². The molecule has 7 nitrogen and oxygen atoms in total. The number of para-hydroxylation sites is 3. The number of aromatic nitrogens is 2. The van der Waals surface area contributed by atoms with Gasteiger partial charge in [-0.1, -0.05) is 24.3 Å². The first-order valence-corrected chi connectivity index (χ1v) is 9.42. The summed E-state index contributed by atoms with van der Waals surface area (Å²) in [4.78, 5) is 18.4. The molecule has 1 saturated heterocycles. The van der Waals surface area contributed by atoms with Gasteiger partial charge in [-0.2, -0.15) is 0 Å². The van der Waals surface area contributed by atoms with E-state index >= 15 is 0 Å². The first-order chi connectivity index (χ1) is 13.7. The van der Waals surface area contributed by atoms with Crippen molar-refractivity contribution in [1.82, 2.24) is 14.5 Å². The van der Waals surface area contributed by atoms with Crippen molar-refractivity contribution in [3.8, 4) is 17.1 Å². The Hall–Kier alpha value is -2.90. The topological polar surface area (TPSA) is 76.8 Å². The lowest BCUT2D eigenvalue weighted by atomic mass is 10.2. The number of carboxylic acid groups (broad SMARTS) is 1. The fraction of sp³-hybridized carbons (Fsp3) is 0.333. The van der Waals surface area contributed by atoms with E-state index in [1.165, 1.54) is 0 Å². The molecule has 0 aliphatic carbocycles. The Morgan fingerprint density at radius 3 is 2.68 bits per heavy atom. The van der Waals surface area contributed by atoms with Gasteiger partial charge in [-0.3, -0.25) is 9.69 Å². The second kappa shape index (κ2) is 8.41. The number of benzene rings is 2. The molecule has 1 N–H and O–H groups in total. The van der Waals surface area contributed by atoms with Crippen LogP contribution in [0.4, 0.5) is 0 Å². The Morgan fingerprint density at radius 2 is 1.86 bits per heavy atom. The molecule has 1 fully saturated rings. The molecule has 146 valence electrons. The van der Waals surface area contributed by atoms with Crippen molar-refractivity contribution in [3.63, 3.8) is 0 Å². The highest BCUT2D eigenvalue weighted by atomic mass is 16.5. The van der Waals surface area contributed by atoms with Gasteiger partial charge in [-0.15, -0.1) is 0 Å². The van der Waals surface area contributed by atoms with Crippen molar-refractivity contribution < 1.29 is 19.4 Å². The van der Waals surface area contributed by atoms with Crippen LogP contribution in [0.5, 0.6) is 5.75 Å². The average molecular weight is 381 g/mol. The van der Waals surface area contributed by atoms with Crippen LogP contribution in [0.25, 0.3) is 22.4 Å². The highest BCUT2D eigenvalue weighted by Crippen LogP contribution is 2.32. The van der Waals surface area contributed by atoms with Crippen molar-refractivity contribution in [1.29, 1.82) is 0 Å². The number of nitrogens with zero attached hydrogens (tertiary/aromatic N) is 3. The second-order valence-electron chi connectivity index (χ2n) is 6.70. The molecule has 0 spiro atoms. The van der Waals surface area contributed by atoms with Crippen LogP contribution in [-0.2, 0) is 16.1 Å². The third-order valence-electron chi connectivity index (χ3n) is 4.84. The number of hydrogen-bond acceptors (Lipinski definition) is 5. The molecule has 1 aliphatic rings. The maximum Gasteiger partial charge on any atom is 0.323 e. The molecule has 0 radical (unpaired) electrons. The lowest BCUT2D eigenvalue weighted by Crippen LogP contribution is -2.38. The summed E-state index contributed by atoms with van der Waals surface area (Å²) in [6, 6.07) is 15.2. The van der Waals surface area contributed by atoms with Gasteiger partial charge in [0.1, 0.15) is 24.7 Å². The van der Waals surface area contributed by atoms with E-state index in [0.717, 1.165) is 49.4 Å². The SMILES string of the molecule is O=C(O)Cn1c(-c2ccccc2OCCN2CCOCC2)nc2ccccc21. The minimum Gasteiger partial charge on any atom is -0.491 e. The summed E-state index contributed by atoms with van der Waals surface area (Å²) in [5, 5.41) is 9.38. The average Bonchev–Trinajstić information content (AvgIpc) is 3.07. The summed E-state index contributed by atoms with van der Waals surface area (Å²) in [6.07, 6.45) is 0. The van der Waals surface area contributed by atoms with E-state index in [-0.39, 0.29) is 6.54 Å². The van der Waals surface area contributed by atoms with Crippen LogP contribution in [0.1, 0.15) is 0 Å². The van der Waals surface area contributed by atoms with E-state index < -0.39 is 5.97 Å². The number of aliphatic carboxylic acids is 1. The third-order valence-corrected chi connectivity index (χ3v) is 4.84. The molecule has 3 aromatic rings. The summed E-state index contributed by atoms with van der Waals surface area (Å²) >= 11 is 0. The molecule has 0 saturated carbocycles. The summed E-state index contributed by atoms with van der Waals surface area (Å²) in [5.41, 5.74) is 2.35. The molecule has 1 aromatic heterocycles. The maximum absolute atomic E-state index is 11.4. The van der Waals surface area contributed by atoms with Crippen LogP contribution in [0.2, 0.25) is 0 Å². The van der Waals surface area contributed by atoms with Crippen LogP contribution in [-0.4, -0.2) is 65.0 Å². The molecule has 2 heterocycles. The zero-order chi connectivity index (χ0) is 19.3. The number of imidazole rings is 1. The Morgan fingerprint density at radius 1 is 1.11 bits per heavy atom. The van der Waals surface area contributed by atoms with E-state index in [2.05, 4.69) is 9.88 Å². The van der Waals surface area contributed by atoms with Gasteiger partial charge in [0.15, 0.2) is 0 Å². The van der Waals surface area contributed by atoms with Gasteiger partial charge in [-0.25, -0.2) is 4.98 Å². The smallest absolute Gasteiger partial charge is 0.323 e. The first kappa shape index (κ1) is 18.5. The van der Waals surface area contributed by atoms with E-state index in [0.29, 0.717) is 18.2 Å². The highest BCUT2D eigenvalue weighted by molar-refractivity contribution is 5.83. The fourth-order valence-corrected chi connectivity index (χ4v) is 3.46. The van der Waals surface area contributed by atoms with E-state index in [1.807, 2.05) is 48.5 Å². The minimum absolute atomic E-state index is 0.155. The molecule has 0 unspecified atom stereocenters. The van der Waals surface area contributed by atoms with Crippen LogP contribution in [0.3, 0.4) is 0 Å². The number of carbonyl (C=O) groups is 1. The molecule has 4 rings (SSSR count). The number of morpholine rings is 1. The van der Waals surface area contributed by atoms with Gasteiger partial charge in [0.2, 0.25) is 0 Å². The van der Waals surface area contributed by atoms with Crippen LogP contribution in [0.15, 0.2) is 48.5 Å². The van der Waals surface area contributed by atoms with Crippen molar-refractivity contribution in [3.05, 3.63) is 48.5 Å². The zero-order valence-electron chi connectivity index (χ0n) is 15.6. The Balaban J connectivity index is 1.61. The number of fused-ring (bicyclic) bond motifs is 1. The quantitative estimate of drug-likeness (QED) is 0.678. The number of hydrogen-bond donors (Lipinski definition) is 1. The van der Waals surface area contributed by atoms with Crippen LogP contribution < -0.4 is 4.74 Å². The van der Waals surface area contributed by atoms with Crippen molar-refractivity contribution in [2.45, 2.75) is 6.54 Å². The van der Waals surface area contributed by atoms with E-state index in [4.69, 9.17) is 9.47 Å². The molecule has 1 aliphatic heterocycles. The number of ether oxygens (including phenoxy) is 2. The fourth-order valence-electron chi connectivity index (χ4n) is 3.46. The lowest BCUT2D eigenvalue weighted by Gasteiger charge is -2.26. The third kappa shape index (κ3) is 4.00. The Kier molecular flexibility index (Phi) is 5.55. The predicted octanol–water partition coefficient (Wildman–Crippen LogP) is 2.50. The molecule has 0 atom stereocenters. The van der Waals surface area contributed by atoms with Gasteiger partial charge >= 0.3 is 5.97 Å². The van der Waals surface area contributed by atoms with Crippen molar-refractivity contribution in [2.24, 2.45) is 0 Å². The molecule has 2 aromatic carbocycles. The highest BCUT2D eigenvalue weighted by Gasteiger charge is 2.18. The van der Waals surface area contributed by atoms with Gasteiger partial charge < -0.3 is 19.1 Å². The van der Waals surface area contributed by atoms with Crippen LogP contribution >= 0.6 is 0 Å². The minimum atomic E-state index is -0.907. The van der Waals surface area contributed by atoms with E-state index in [1.54, 1.807) is 4.57 Å². The number of rotatable bonds is 7. The van der Waals surface area contributed by atoms with Gasteiger partial charge in [0.25, 0.3) is 0 Å². The zero-order valence-corrected chi connectivity index (χ0v) is 15.6. The summed E-state index contributed by atoms with van der Waals surface area (Å²) in [7, 11) is 0. The molecule has 7 heteroatoms. The maximum atomic E-state index is 11.4. The van der Waals surface area contributed by atoms with Crippen LogP contribution in [0, 0.1) is 0 Å². The number of carboxylic acids is 1.